The largest absolute Gasteiger partial charge is 0.456 e. The number of aromatic nitrogens is 3. The minimum absolute atomic E-state index is 0.856. The molecule has 0 fully saturated rings. The zero-order valence-corrected chi connectivity index (χ0v) is 35.1. The number of hydrogen-bond donors (Lipinski definition) is 0. The maximum Gasteiger partial charge on any atom is 0.145 e. The number of benzene rings is 10. The average Bonchev–Trinajstić information content (AvgIpc) is 4.21. The Kier molecular flexibility index (Phi) is 6.47. The molecule has 0 unspecified atom stereocenters. The van der Waals surface area contributed by atoms with Crippen LogP contribution in [0.15, 0.2) is 213 Å². The summed E-state index contributed by atoms with van der Waals surface area (Å²) in [6.45, 7) is 0. The van der Waals surface area contributed by atoms with Crippen LogP contribution >= 0.6 is 0 Å². The zero-order valence-electron chi connectivity index (χ0n) is 35.1. The van der Waals surface area contributed by atoms with Gasteiger partial charge in [-0.05, 0) is 109 Å². The van der Waals surface area contributed by atoms with E-state index in [-0.39, 0.29) is 0 Å². The van der Waals surface area contributed by atoms with Crippen molar-refractivity contribution in [2.24, 2.45) is 0 Å². The first kappa shape index (κ1) is 34.5. The van der Waals surface area contributed by atoms with Crippen LogP contribution in [0, 0.1) is 0 Å². The summed E-state index contributed by atoms with van der Waals surface area (Å²) in [6.07, 6.45) is 0. The summed E-state index contributed by atoms with van der Waals surface area (Å²) >= 11 is 0. The van der Waals surface area contributed by atoms with Crippen LogP contribution in [-0.4, -0.2) is 13.7 Å². The molecule has 0 radical (unpaired) electrons. The van der Waals surface area contributed by atoms with Gasteiger partial charge in [0.2, 0.25) is 0 Å². The minimum Gasteiger partial charge on any atom is -0.456 e. The molecule has 6 heteroatoms. The van der Waals surface area contributed by atoms with Gasteiger partial charge in [-0.15, -0.1) is 0 Å². The van der Waals surface area contributed by atoms with E-state index in [2.05, 4.69) is 202 Å². The summed E-state index contributed by atoms with van der Waals surface area (Å²) in [5.74, 6) is 0. The van der Waals surface area contributed by atoms with Gasteiger partial charge in [-0.3, -0.25) is 0 Å². The Morgan fingerprint density at radius 2 is 0.576 bits per heavy atom. The van der Waals surface area contributed by atoms with Crippen LogP contribution in [0.3, 0.4) is 0 Å². The van der Waals surface area contributed by atoms with Crippen molar-refractivity contribution >= 4 is 131 Å². The van der Waals surface area contributed by atoms with Crippen molar-refractivity contribution in [3.05, 3.63) is 200 Å². The summed E-state index contributed by atoms with van der Waals surface area (Å²) in [4.78, 5) is 0. The summed E-state index contributed by atoms with van der Waals surface area (Å²) in [5, 5.41) is 13.5. The monoisotopic (exact) mass is 843 g/mol. The van der Waals surface area contributed by atoms with E-state index in [1.165, 1.54) is 21.8 Å². The third kappa shape index (κ3) is 4.40. The first-order chi connectivity index (χ1) is 32.7. The number of hydrogen-bond acceptors (Lipinski definition) is 3. The predicted octanol–water partition coefficient (Wildman–Crippen LogP) is 16.7. The van der Waals surface area contributed by atoms with Crippen LogP contribution in [0.2, 0.25) is 0 Å². The fraction of sp³-hybridized carbons (Fsp3) is 0. The van der Waals surface area contributed by atoms with Gasteiger partial charge in [-0.25, -0.2) is 0 Å². The Morgan fingerprint density at radius 3 is 1.05 bits per heavy atom. The molecule has 6 aromatic heterocycles. The first-order valence-corrected chi connectivity index (χ1v) is 22.4. The van der Waals surface area contributed by atoms with Crippen molar-refractivity contribution in [2.45, 2.75) is 0 Å². The lowest BCUT2D eigenvalue weighted by Crippen LogP contribution is -1.94. The highest BCUT2D eigenvalue weighted by Gasteiger charge is 2.24. The van der Waals surface area contributed by atoms with Crippen molar-refractivity contribution in [3.8, 4) is 17.1 Å². The molecule has 6 heterocycles. The van der Waals surface area contributed by atoms with Crippen molar-refractivity contribution in [1.82, 2.24) is 13.7 Å². The number of nitrogens with zero attached hydrogens (tertiary/aromatic N) is 3. The summed E-state index contributed by atoms with van der Waals surface area (Å²) < 4.78 is 27.1. The molecule has 0 amide bonds. The van der Waals surface area contributed by atoms with Crippen LogP contribution in [-0.2, 0) is 0 Å². The molecule has 0 aliphatic heterocycles. The molecule has 66 heavy (non-hydrogen) atoms. The number of fused-ring (bicyclic) bond motifs is 20. The highest BCUT2D eigenvalue weighted by atomic mass is 16.3. The lowest BCUT2D eigenvalue weighted by molar-refractivity contribution is 0.668. The van der Waals surface area contributed by atoms with Crippen LogP contribution in [0.25, 0.3) is 148 Å². The van der Waals surface area contributed by atoms with Gasteiger partial charge < -0.3 is 27.0 Å². The first-order valence-electron chi connectivity index (χ1n) is 22.4. The van der Waals surface area contributed by atoms with E-state index in [9.17, 15) is 0 Å². The molecular weight excluding hydrogens is 811 g/mol. The molecular formula is C60H33N3O3. The normalized spacial score (nSPS) is 12.5. The lowest BCUT2D eigenvalue weighted by atomic mass is 10.1. The Bertz CT molecular complexity index is 4720. The van der Waals surface area contributed by atoms with E-state index in [4.69, 9.17) is 13.3 Å². The van der Waals surface area contributed by atoms with E-state index in [1.807, 2.05) is 12.1 Å². The van der Waals surface area contributed by atoms with E-state index in [1.54, 1.807) is 0 Å². The maximum atomic E-state index is 7.28. The van der Waals surface area contributed by atoms with E-state index in [0.717, 1.165) is 126 Å². The molecule has 16 aromatic rings. The fourth-order valence-electron chi connectivity index (χ4n) is 11.4. The highest BCUT2D eigenvalue weighted by Crippen LogP contribution is 2.46. The van der Waals surface area contributed by atoms with Crippen molar-refractivity contribution in [3.63, 3.8) is 0 Å². The zero-order chi connectivity index (χ0) is 42.8. The topological polar surface area (TPSA) is 54.2 Å². The molecule has 0 atom stereocenters. The Balaban J connectivity index is 0.914. The molecule has 0 N–H and O–H groups in total. The van der Waals surface area contributed by atoms with E-state index in [0.29, 0.717) is 0 Å². The smallest absolute Gasteiger partial charge is 0.145 e. The van der Waals surface area contributed by atoms with Gasteiger partial charge in [-0.2, -0.15) is 0 Å². The van der Waals surface area contributed by atoms with Gasteiger partial charge in [0.15, 0.2) is 0 Å². The van der Waals surface area contributed by atoms with Crippen molar-refractivity contribution < 1.29 is 13.3 Å². The standard InChI is InChI=1S/C60H33N3O3/c1-6-16-47-37(11-1)38-12-2-7-17-48(38)61(47)34-21-29-55-45(32-34)46-33-36(23-30-56(46)65-55)63-50-19-9-4-15-43(50)58-52(63)27-25-41-40-24-26-51-57(59(40)66-60(41)58)42-14-3-8-18-49(42)62(51)35-22-28-54-44(31-35)39-13-5-10-20-53(39)64-54/h1-33H. The van der Waals surface area contributed by atoms with E-state index >= 15 is 0 Å². The molecule has 10 aromatic carbocycles. The van der Waals surface area contributed by atoms with Crippen molar-refractivity contribution in [1.29, 1.82) is 0 Å². The number of rotatable bonds is 3. The summed E-state index contributed by atoms with van der Waals surface area (Å²) in [5.41, 5.74) is 15.3. The fourth-order valence-corrected chi connectivity index (χ4v) is 11.4. The molecule has 6 nitrogen and oxygen atoms in total. The summed E-state index contributed by atoms with van der Waals surface area (Å²) in [7, 11) is 0. The molecule has 306 valence electrons. The Hall–Kier alpha value is -9.00. The minimum atomic E-state index is 0.856. The average molecular weight is 844 g/mol. The van der Waals surface area contributed by atoms with E-state index < -0.39 is 0 Å². The Morgan fingerprint density at radius 1 is 0.227 bits per heavy atom. The number of para-hydroxylation sites is 5. The second kappa shape index (κ2) is 12.4. The second-order valence-electron chi connectivity index (χ2n) is 17.6. The molecule has 0 aliphatic carbocycles. The van der Waals surface area contributed by atoms with Crippen LogP contribution < -0.4 is 0 Å². The predicted molar refractivity (Wildman–Crippen MR) is 271 cm³/mol. The molecule has 0 spiro atoms. The van der Waals surface area contributed by atoms with Crippen LogP contribution in [0.1, 0.15) is 0 Å². The SMILES string of the molecule is c1ccc2c(c1)oc1ccc(-n3c4ccccc4c4c5oc6c(ccc7c6c6ccccc6n7-c6ccc7oc8ccc(-n9c%10ccccc%10c%10ccccc%109)cc8c7c6)c5ccc43)cc12. The number of furan rings is 3. The molecule has 0 saturated carbocycles. The van der Waals surface area contributed by atoms with Gasteiger partial charge in [0.05, 0.1) is 43.9 Å². The van der Waals surface area contributed by atoms with Gasteiger partial charge in [0.1, 0.15) is 33.5 Å². The molecule has 0 saturated heterocycles. The molecule has 16 rings (SSSR count). The highest BCUT2D eigenvalue weighted by molar-refractivity contribution is 6.29. The van der Waals surface area contributed by atoms with Crippen molar-refractivity contribution in [2.75, 3.05) is 0 Å². The van der Waals surface area contributed by atoms with Gasteiger partial charge in [0, 0.05) is 70.9 Å². The Labute approximate surface area is 373 Å². The van der Waals surface area contributed by atoms with Crippen LogP contribution in [0.4, 0.5) is 0 Å². The summed E-state index contributed by atoms with van der Waals surface area (Å²) in [6, 6.07) is 71.6. The second-order valence-corrected chi connectivity index (χ2v) is 17.6. The lowest BCUT2D eigenvalue weighted by Gasteiger charge is -2.09. The third-order valence-electron chi connectivity index (χ3n) is 14.2. The molecule has 0 bridgehead atoms. The van der Waals surface area contributed by atoms with Gasteiger partial charge in [0.25, 0.3) is 0 Å². The maximum absolute atomic E-state index is 7.28. The third-order valence-corrected chi connectivity index (χ3v) is 14.2. The van der Waals surface area contributed by atoms with Gasteiger partial charge in [-0.1, -0.05) is 91.0 Å². The quantitative estimate of drug-likeness (QED) is 0.178. The molecule has 0 aliphatic rings. The van der Waals surface area contributed by atoms with Crippen LogP contribution in [0.5, 0.6) is 0 Å². The van der Waals surface area contributed by atoms with Gasteiger partial charge >= 0.3 is 0 Å².